The number of nitrogens with zero attached hydrogens (tertiary/aromatic N) is 1. The zero-order chi connectivity index (χ0) is 11.1. The minimum atomic E-state index is -0.233. The van der Waals surface area contributed by atoms with Crippen LogP contribution in [-0.4, -0.2) is 11.9 Å². The monoisotopic (exact) mass is 208 g/mol. The minimum absolute atomic E-state index is 0.0459. The van der Waals surface area contributed by atoms with Gasteiger partial charge in [0.15, 0.2) is 0 Å². The SMILES string of the molecule is CCCCCCC(=O)NC(C#N)C1CC1. The lowest BCUT2D eigenvalue weighted by Gasteiger charge is -2.09. The zero-order valence-corrected chi connectivity index (χ0v) is 9.46. The summed E-state index contributed by atoms with van der Waals surface area (Å²) in [6.07, 6.45) is 7.20. The number of hydrogen-bond acceptors (Lipinski definition) is 2. The summed E-state index contributed by atoms with van der Waals surface area (Å²) in [6.45, 7) is 2.15. The first-order valence-electron chi connectivity index (χ1n) is 5.97. The van der Waals surface area contributed by atoms with Crippen molar-refractivity contribution in [2.45, 2.75) is 57.9 Å². The van der Waals surface area contributed by atoms with Crippen molar-refractivity contribution in [2.75, 3.05) is 0 Å². The number of carbonyl (C=O) groups excluding carboxylic acids is 1. The van der Waals surface area contributed by atoms with Crippen LogP contribution < -0.4 is 5.32 Å². The van der Waals surface area contributed by atoms with Crippen LogP contribution in [0, 0.1) is 17.2 Å². The second kappa shape index (κ2) is 6.44. The molecule has 3 heteroatoms. The number of hydrogen-bond donors (Lipinski definition) is 1. The summed E-state index contributed by atoms with van der Waals surface area (Å²) in [5, 5.41) is 11.6. The quantitative estimate of drug-likeness (QED) is 0.653. The molecule has 1 amide bonds. The number of nitriles is 1. The minimum Gasteiger partial charge on any atom is -0.340 e. The molecule has 3 nitrogen and oxygen atoms in total. The van der Waals surface area contributed by atoms with Crippen molar-refractivity contribution in [3.63, 3.8) is 0 Å². The molecule has 0 aromatic carbocycles. The Morgan fingerprint density at radius 2 is 2.20 bits per heavy atom. The van der Waals surface area contributed by atoms with E-state index >= 15 is 0 Å². The third-order valence-corrected chi connectivity index (χ3v) is 2.81. The molecule has 15 heavy (non-hydrogen) atoms. The molecule has 0 bridgehead atoms. The highest BCUT2D eigenvalue weighted by atomic mass is 16.1. The first kappa shape index (κ1) is 12.0. The van der Waals surface area contributed by atoms with Crippen molar-refractivity contribution < 1.29 is 4.79 Å². The lowest BCUT2D eigenvalue weighted by molar-refractivity contribution is -0.121. The van der Waals surface area contributed by atoms with E-state index in [2.05, 4.69) is 18.3 Å². The van der Waals surface area contributed by atoms with Gasteiger partial charge in [0.2, 0.25) is 5.91 Å². The predicted molar refractivity (Wildman–Crippen MR) is 59.0 cm³/mol. The van der Waals surface area contributed by atoms with Crippen LogP contribution in [-0.2, 0) is 4.79 Å². The van der Waals surface area contributed by atoms with Crippen molar-refractivity contribution in [2.24, 2.45) is 5.92 Å². The molecule has 1 atom stereocenters. The van der Waals surface area contributed by atoms with Gasteiger partial charge in [0.1, 0.15) is 6.04 Å². The maximum absolute atomic E-state index is 11.4. The first-order valence-corrected chi connectivity index (χ1v) is 5.97. The molecule has 0 aromatic rings. The van der Waals surface area contributed by atoms with E-state index in [9.17, 15) is 4.79 Å². The van der Waals surface area contributed by atoms with Gasteiger partial charge in [-0.05, 0) is 25.2 Å². The molecule has 1 saturated carbocycles. The average molecular weight is 208 g/mol. The Morgan fingerprint density at radius 3 is 2.73 bits per heavy atom. The Hall–Kier alpha value is -1.04. The molecule has 0 heterocycles. The lowest BCUT2D eigenvalue weighted by Crippen LogP contribution is -2.35. The molecule has 1 rings (SSSR count). The Morgan fingerprint density at radius 1 is 1.47 bits per heavy atom. The molecule has 84 valence electrons. The van der Waals surface area contributed by atoms with E-state index in [0.29, 0.717) is 12.3 Å². The highest BCUT2D eigenvalue weighted by Crippen LogP contribution is 2.32. The fourth-order valence-corrected chi connectivity index (χ4v) is 1.64. The molecular formula is C12H20N2O. The topological polar surface area (TPSA) is 52.9 Å². The van der Waals surface area contributed by atoms with Gasteiger partial charge in [0.05, 0.1) is 6.07 Å². The van der Waals surface area contributed by atoms with Gasteiger partial charge in [0.25, 0.3) is 0 Å². The summed E-state index contributed by atoms with van der Waals surface area (Å²) in [6, 6.07) is 1.93. The molecular weight excluding hydrogens is 188 g/mol. The van der Waals surface area contributed by atoms with Gasteiger partial charge in [-0.2, -0.15) is 5.26 Å². The third-order valence-electron chi connectivity index (χ3n) is 2.81. The highest BCUT2D eigenvalue weighted by Gasteiger charge is 2.31. The lowest BCUT2D eigenvalue weighted by atomic mass is 10.1. The van der Waals surface area contributed by atoms with Gasteiger partial charge in [-0.1, -0.05) is 26.2 Å². The Balaban J connectivity index is 2.09. The summed E-state index contributed by atoms with van der Waals surface area (Å²) in [5.41, 5.74) is 0. The molecule has 0 aliphatic heterocycles. The van der Waals surface area contributed by atoms with Crippen LogP contribution in [0.4, 0.5) is 0 Å². The van der Waals surface area contributed by atoms with Gasteiger partial charge >= 0.3 is 0 Å². The van der Waals surface area contributed by atoms with E-state index in [0.717, 1.165) is 25.7 Å². The van der Waals surface area contributed by atoms with Gasteiger partial charge in [-0.25, -0.2) is 0 Å². The largest absolute Gasteiger partial charge is 0.340 e. The van der Waals surface area contributed by atoms with E-state index in [1.54, 1.807) is 0 Å². The number of unbranched alkanes of at least 4 members (excludes halogenated alkanes) is 3. The van der Waals surface area contributed by atoms with E-state index in [1.165, 1.54) is 12.8 Å². The Labute approximate surface area is 91.9 Å². The van der Waals surface area contributed by atoms with Gasteiger partial charge in [0, 0.05) is 6.42 Å². The van der Waals surface area contributed by atoms with Crippen molar-refractivity contribution >= 4 is 5.91 Å². The Kier molecular flexibility index (Phi) is 5.17. The number of amides is 1. The predicted octanol–water partition coefficient (Wildman–Crippen LogP) is 2.38. The van der Waals surface area contributed by atoms with Crippen LogP contribution in [0.15, 0.2) is 0 Å². The van der Waals surface area contributed by atoms with E-state index < -0.39 is 0 Å². The fourth-order valence-electron chi connectivity index (χ4n) is 1.64. The second-order valence-electron chi connectivity index (χ2n) is 4.32. The van der Waals surface area contributed by atoms with Crippen LogP contribution >= 0.6 is 0 Å². The summed E-state index contributed by atoms with van der Waals surface area (Å²) in [4.78, 5) is 11.4. The molecule has 0 spiro atoms. The normalized spacial score (nSPS) is 16.8. The van der Waals surface area contributed by atoms with Crippen LogP contribution in [0.25, 0.3) is 0 Å². The maximum atomic E-state index is 11.4. The van der Waals surface area contributed by atoms with Crippen LogP contribution in [0.3, 0.4) is 0 Å². The maximum Gasteiger partial charge on any atom is 0.221 e. The zero-order valence-electron chi connectivity index (χ0n) is 9.46. The fraction of sp³-hybridized carbons (Fsp3) is 0.833. The summed E-state index contributed by atoms with van der Waals surface area (Å²) < 4.78 is 0. The van der Waals surface area contributed by atoms with Crippen LogP contribution in [0.5, 0.6) is 0 Å². The molecule has 0 saturated heterocycles. The molecule has 1 unspecified atom stereocenters. The number of rotatable bonds is 7. The van der Waals surface area contributed by atoms with Crippen molar-refractivity contribution in [1.29, 1.82) is 5.26 Å². The number of carbonyl (C=O) groups is 1. The molecule has 1 fully saturated rings. The average Bonchev–Trinajstić information content (AvgIpc) is 3.05. The molecule has 1 N–H and O–H groups in total. The highest BCUT2D eigenvalue weighted by molar-refractivity contribution is 5.76. The van der Waals surface area contributed by atoms with E-state index in [4.69, 9.17) is 5.26 Å². The Bertz CT molecular complexity index is 240. The third kappa shape index (κ3) is 4.83. The van der Waals surface area contributed by atoms with Gasteiger partial charge in [-0.15, -0.1) is 0 Å². The molecule has 0 radical (unpaired) electrons. The standard InChI is InChI=1S/C12H20N2O/c1-2-3-4-5-6-12(15)14-11(9-13)10-7-8-10/h10-11H,2-8H2,1H3,(H,14,15). The first-order chi connectivity index (χ1) is 7.27. The summed E-state index contributed by atoms with van der Waals surface area (Å²) in [7, 11) is 0. The smallest absolute Gasteiger partial charge is 0.221 e. The molecule has 1 aliphatic carbocycles. The summed E-state index contributed by atoms with van der Waals surface area (Å²) in [5.74, 6) is 0.471. The summed E-state index contributed by atoms with van der Waals surface area (Å²) >= 11 is 0. The molecule has 1 aliphatic rings. The number of nitrogens with one attached hydrogen (secondary N) is 1. The van der Waals surface area contributed by atoms with Gasteiger partial charge < -0.3 is 5.32 Å². The van der Waals surface area contributed by atoms with Crippen molar-refractivity contribution in [3.8, 4) is 6.07 Å². The van der Waals surface area contributed by atoms with Crippen molar-refractivity contribution in [3.05, 3.63) is 0 Å². The van der Waals surface area contributed by atoms with Gasteiger partial charge in [-0.3, -0.25) is 4.79 Å². The molecule has 0 aromatic heterocycles. The van der Waals surface area contributed by atoms with E-state index in [-0.39, 0.29) is 11.9 Å². The van der Waals surface area contributed by atoms with Crippen LogP contribution in [0.2, 0.25) is 0 Å². The second-order valence-corrected chi connectivity index (χ2v) is 4.32. The van der Waals surface area contributed by atoms with Crippen LogP contribution in [0.1, 0.15) is 51.9 Å². The van der Waals surface area contributed by atoms with Crippen molar-refractivity contribution in [1.82, 2.24) is 5.32 Å². The van der Waals surface area contributed by atoms with E-state index in [1.807, 2.05) is 0 Å².